The molecule has 1 heterocycles. The molecule has 0 aromatic heterocycles. The minimum absolute atomic E-state index is 0.0988. The number of alkyl halides is 3. The summed E-state index contributed by atoms with van der Waals surface area (Å²) in [5.74, 6) is -0.294. The van der Waals surface area contributed by atoms with Crippen LogP contribution in [0.15, 0.2) is 78.9 Å². The van der Waals surface area contributed by atoms with Gasteiger partial charge in [-0.2, -0.15) is 13.2 Å². The highest BCUT2D eigenvalue weighted by atomic mass is 32.2. The maximum Gasteiger partial charge on any atom is 0.416 e. The summed E-state index contributed by atoms with van der Waals surface area (Å²) in [6.45, 7) is 1.96. The van der Waals surface area contributed by atoms with Crippen LogP contribution in [-0.4, -0.2) is 17.6 Å². The molecule has 0 bridgehead atoms. The van der Waals surface area contributed by atoms with E-state index in [9.17, 15) is 22.8 Å². The largest absolute Gasteiger partial charge is 0.416 e. The SMILES string of the molecule is CCC(C(=O)Nc1ccc(C2SCC(=O)N2c2ccc(C(F)(F)F)cc2)cc1)c1ccccc1. The van der Waals surface area contributed by atoms with Crippen molar-refractivity contribution >= 4 is 35.0 Å². The molecule has 8 heteroatoms. The molecule has 1 aliphatic rings. The summed E-state index contributed by atoms with van der Waals surface area (Å²) in [6, 6.07) is 21.4. The Morgan fingerprint density at radius 1 is 1.03 bits per heavy atom. The minimum atomic E-state index is -4.43. The van der Waals surface area contributed by atoms with E-state index in [1.54, 1.807) is 12.1 Å². The van der Waals surface area contributed by atoms with E-state index in [1.807, 2.05) is 49.4 Å². The first-order chi connectivity index (χ1) is 16.3. The molecule has 2 atom stereocenters. The van der Waals surface area contributed by atoms with E-state index in [2.05, 4.69) is 5.32 Å². The Labute approximate surface area is 200 Å². The van der Waals surface area contributed by atoms with Crippen molar-refractivity contribution in [1.29, 1.82) is 0 Å². The normalized spacial score (nSPS) is 17.0. The number of halogens is 3. The van der Waals surface area contributed by atoms with Gasteiger partial charge in [0.25, 0.3) is 0 Å². The van der Waals surface area contributed by atoms with Crippen LogP contribution in [0.3, 0.4) is 0 Å². The fourth-order valence-electron chi connectivity index (χ4n) is 3.98. The van der Waals surface area contributed by atoms with Crippen molar-refractivity contribution in [2.45, 2.75) is 30.8 Å². The van der Waals surface area contributed by atoms with Gasteiger partial charge in [-0.1, -0.05) is 49.4 Å². The molecule has 2 amide bonds. The average molecular weight is 485 g/mol. The van der Waals surface area contributed by atoms with Crippen LogP contribution >= 0.6 is 11.8 Å². The fraction of sp³-hybridized carbons (Fsp3) is 0.231. The number of nitrogens with one attached hydrogen (secondary N) is 1. The van der Waals surface area contributed by atoms with Crippen molar-refractivity contribution in [3.63, 3.8) is 0 Å². The lowest BCUT2D eigenvalue weighted by Gasteiger charge is -2.25. The number of rotatable bonds is 6. The van der Waals surface area contributed by atoms with Crippen molar-refractivity contribution in [3.8, 4) is 0 Å². The summed E-state index contributed by atoms with van der Waals surface area (Å²) in [5, 5.41) is 2.59. The molecule has 0 saturated carbocycles. The number of benzene rings is 3. The van der Waals surface area contributed by atoms with Gasteiger partial charge < -0.3 is 5.32 Å². The van der Waals surface area contributed by atoms with Gasteiger partial charge in [0.1, 0.15) is 5.37 Å². The average Bonchev–Trinajstić information content (AvgIpc) is 3.21. The number of amides is 2. The molecule has 34 heavy (non-hydrogen) atoms. The molecule has 4 nitrogen and oxygen atoms in total. The third-order valence-electron chi connectivity index (χ3n) is 5.73. The Morgan fingerprint density at radius 3 is 2.26 bits per heavy atom. The number of carbonyl (C=O) groups excluding carboxylic acids is 2. The second kappa shape index (κ2) is 9.93. The highest BCUT2D eigenvalue weighted by molar-refractivity contribution is 8.00. The molecule has 1 N–H and O–H groups in total. The molecular weight excluding hydrogens is 461 g/mol. The molecule has 3 aromatic carbocycles. The van der Waals surface area contributed by atoms with Crippen molar-refractivity contribution in [1.82, 2.24) is 0 Å². The maximum absolute atomic E-state index is 12.9. The predicted octanol–water partition coefficient (Wildman–Crippen LogP) is 6.62. The molecule has 3 aromatic rings. The van der Waals surface area contributed by atoms with Crippen molar-refractivity contribution in [2.24, 2.45) is 0 Å². The fourth-order valence-corrected chi connectivity index (χ4v) is 5.16. The molecule has 4 rings (SSSR count). The standard InChI is InChI=1S/C26H23F3N2O2S/c1-2-22(17-6-4-3-5-7-17)24(33)30-20-12-8-18(9-13-20)25-31(23(32)16-34-25)21-14-10-19(11-15-21)26(27,28)29/h3-15,22,25H,2,16H2,1H3,(H,30,33). The molecular formula is C26H23F3N2O2S. The summed E-state index contributed by atoms with van der Waals surface area (Å²) >= 11 is 1.41. The van der Waals surface area contributed by atoms with Gasteiger partial charge >= 0.3 is 6.18 Å². The first kappa shape index (κ1) is 23.9. The van der Waals surface area contributed by atoms with Crippen molar-refractivity contribution < 1.29 is 22.8 Å². The van der Waals surface area contributed by atoms with Crippen LogP contribution in [0.25, 0.3) is 0 Å². The molecule has 1 aliphatic heterocycles. The van der Waals surface area contributed by atoms with E-state index in [0.29, 0.717) is 17.8 Å². The molecule has 0 radical (unpaired) electrons. The zero-order chi connectivity index (χ0) is 24.3. The summed E-state index contributed by atoms with van der Waals surface area (Å²) in [5.41, 5.74) is 2.07. The summed E-state index contributed by atoms with van der Waals surface area (Å²) in [4.78, 5) is 26.9. The lowest BCUT2D eigenvalue weighted by molar-refractivity contribution is -0.137. The van der Waals surface area contributed by atoms with Crippen LogP contribution in [0.4, 0.5) is 24.5 Å². The van der Waals surface area contributed by atoms with Crippen LogP contribution < -0.4 is 10.2 Å². The summed E-state index contributed by atoms with van der Waals surface area (Å²) in [7, 11) is 0. The Kier molecular flexibility index (Phi) is 6.97. The van der Waals surface area contributed by atoms with Crippen LogP contribution in [0.1, 0.15) is 41.3 Å². The monoisotopic (exact) mass is 484 g/mol. The smallest absolute Gasteiger partial charge is 0.326 e. The molecule has 176 valence electrons. The van der Waals surface area contributed by atoms with Gasteiger partial charge in [0.05, 0.1) is 17.2 Å². The number of thioether (sulfide) groups is 1. The lowest BCUT2D eigenvalue weighted by atomic mass is 9.95. The van der Waals surface area contributed by atoms with Gasteiger partial charge in [0, 0.05) is 11.4 Å². The third kappa shape index (κ3) is 5.12. The second-order valence-corrected chi connectivity index (χ2v) is 9.02. The molecule has 0 spiro atoms. The van der Waals surface area contributed by atoms with E-state index in [-0.39, 0.29) is 28.9 Å². The van der Waals surface area contributed by atoms with Gasteiger partial charge in [0.15, 0.2) is 0 Å². The van der Waals surface area contributed by atoms with E-state index in [1.165, 1.54) is 28.8 Å². The van der Waals surface area contributed by atoms with E-state index >= 15 is 0 Å². The highest BCUT2D eigenvalue weighted by Crippen LogP contribution is 2.42. The first-order valence-corrected chi connectivity index (χ1v) is 11.9. The van der Waals surface area contributed by atoms with Crippen molar-refractivity contribution in [3.05, 3.63) is 95.6 Å². The number of hydrogen-bond acceptors (Lipinski definition) is 3. The Morgan fingerprint density at radius 2 is 1.68 bits per heavy atom. The maximum atomic E-state index is 12.9. The van der Waals surface area contributed by atoms with Gasteiger partial charge in [-0.05, 0) is 53.9 Å². The predicted molar refractivity (Wildman–Crippen MR) is 129 cm³/mol. The molecule has 1 saturated heterocycles. The Bertz CT molecular complexity index is 1150. The van der Waals surface area contributed by atoms with E-state index in [4.69, 9.17) is 0 Å². The Hall–Kier alpha value is -3.26. The quantitative estimate of drug-likeness (QED) is 0.428. The van der Waals surface area contributed by atoms with Gasteiger partial charge in [-0.25, -0.2) is 0 Å². The van der Waals surface area contributed by atoms with Crippen LogP contribution in [0.2, 0.25) is 0 Å². The topological polar surface area (TPSA) is 49.4 Å². The number of anilines is 2. The zero-order valence-corrected chi connectivity index (χ0v) is 19.2. The Balaban J connectivity index is 1.49. The van der Waals surface area contributed by atoms with Gasteiger partial charge in [-0.3, -0.25) is 14.5 Å². The van der Waals surface area contributed by atoms with E-state index in [0.717, 1.165) is 23.3 Å². The van der Waals surface area contributed by atoms with Crippen LogP contribution in [0.5, 0.6) is 0 Å². The number of nitrogens with zero attached hydrogens (tertiary/aromatic N) is 1. The lowest BCUT2D eigenvalue weighted by Crippen LogP contribution is -2.27. The van der Waals surface area contributed by atoms with Crippen LogP contribution in [-0.2, 0) is 15.8 Å². The molecule has 2 unspecified atom stereocenters. The molecule has 1 fully saturated rings. The van der Waals surface area contributed by atoms with Crippen LogP contribution in [0, 0.1) is 0 Å². The second-order valence-electron chi connectivity index (χ2n) is 7.95. The highest BCUT2D eigenvalue weighted by Gasteiger charge is 2.35. The summed E-state index contributed by atoms with van der Waals surface area (Å²) < 4.78 is 38.7. The molecule has 0 aliphatic carbocycles. The summed E-state index contributed by atoms with van der Waals surface area (Å²) in [6.07, 6.45) is -3.77. The number of hydrogen-bond donors (Lipinski definition) is 1. The zero-order valence-electron chi connectivity index (χ0n) is 18.4. The number of carbonyl (C=O) groups is 2. The van der Waals surface area contributed by atoms with Gasteiger partial charge in [-0.15, -0.1) is 11.8 Å². The van der Waals surface area contributed by atoms with Gasteiger partial charge in [0.2, 0.25) is 11.8 Å². The van der Waals surface area contributed by atoms with E-state index < -0.39 is 11.7 Å². The third-order valence-corrected chi connectivity index (χ3v) is 6.94. The first-order valence-electron chi connectivity index (χ1n) is 10.8. The minimum Gasteiger partial charge on any atom is -0.326 e. The van der Waals surface area contributed by atoms with Crippen molar-refractivity contribution in [2.75, 3.05) is 16.0 Å².